The number of methoxy groups -OCH3 is 1. The predicted molar refractivity (Wildman–Crippen MR) is 123 cm³/mol. The lowest BCUT2D eigenvalue weighted by molar-refractivity contribution is 0.104. The normalized spacial score (nSPS) is 11.7. The van der Waals surface area contributed by atoms with E-state index in [1.807, 2.05) is 19.1 Å². The van der Waals surface area contributed by atoms with Crippen LogP contribution in [0.25, 0.3) is 11.1 Å². The minimum Gasteiger partial charge on any atom is -0.496 e. The number of ether oxygens (including phenoxy) is 3. The first kappa shape index (κ1) is 23.8. The fraction of sp³-hybridized carbons (Fsp3) is 0.435. The van der Waals surface area contributed by atoms with Crippen LogP contribution >= 0.6 is 12.4 Å². The van der Waals surface area contributed by atoms with Crippen LogP contribution in [0.5, 0.6) is 17.2 Å². The Morgan fingerprint density at radius 3 is 2.27 bits per heavy atom. The molecule has 7 heteroatoms. The second-order valence-corrected chi connectivity index (χ2v) is 6.97. The van der Waals surface area contributed by atoms with E-state index in [1.54, 1.807) is 19.2 Å². The van der Waals surface area contributed by atoms with Crippen molar-refractivity contribution in [2.24, 2.45) is 0 Å². The van der Waals surface area contributed by atoms with Crippen LogP contribution in [-0.4, -0.2) is 50.6 Å². The van der Waals surface area contributed by atoms with Crippen molar-refractivity contribution in [3.63, 3.8) is 0 Å². The SMILES string of the molecule is CCCOc1cc(OC)c2c(c1N)C(=O)c1cccc(OCCN(CC)CC)c1-2.Cl. The first-order valence-electron chi connectivity index (χ1n) is 10.2. The minimum absolute atomic E-state index is 0. The van der Waals surface area contributed by atoms with E-state index in [4.69, 9.17) is 19.9 Å². The highest BCUT2D eigenvalue weighted by atomic mass is 35.5. The molecule has 30 heavy (non-hydrogen) atoms. The molecule has 0 aliphatic heterocycles. The zero-order valence-electron chi connectivity index (χ0n) is 18.1. The third kappa shape index (κ3) is 4.35. The van der Waals surface area contributed by atoms with Gasteiger partial charge in [-0.15, -0.1) is 12.4 Å². The van der Waals surface area contributed by atoms with Gasteiger partial charge in [0.05, 0.1) is 25.0 Å². The number of carbonyl (C=O) groups is 1. The van der Waals surface area contributed by atoms with Gasteiger partial charge in [-0.25, -0.2) is 0 Å². The third-order valence-electron chi connectivity index (χ3n) is 5.28. The Morgan fingerprint density at radius 2 is 1.63 bits per heavy atom. The zero-order chi connectivity index (χ0) is 21.0. The molecule has 1 aliphatic carbocycles. The van der Waals surface area contributed by atoms with E-state index >= 15 is 0 Å². The maximum Gasteiger partial charge on any atom is 0.196 e. The molecule has 0 radical (unpaired) electrons. The number of ketones is 1. The van der Waals surface area contributed by atoms with Crippen molar-refractivity contribution in [2.45, 2.75) is 27.2 Å². The largest absolute Gasteiger partial charge is 0.496 e. The average Bonchev–Trinajstić information content (AvgIpc) is 3.05. The van der Waals surface area contributed by atoms with Gasteiger partial charge in [0.2, 0.25) is 0 Å². The van der Waals surface area contributed by atoms with E-state index in [9.17, 15) is 4.79 Å². The molecule has 0 unspecified atom stereocenters. The first-order chi connectivity index (χ1) is 14.1. The van der Waals surface area contributed by atoms with Crippen molar-refractivity contribution >= 4 is 23.9 Å². The third-order valence-corrected chi connectivity index (χ3v) is 5.28. The quantitative estimate of drug-likeness (QED) is 0.476. The van der Waals surface area contributed by atoms with Crippen LogP contribution < -0.4 is 19.9 Å². The van der Waals surface area contributed by atoms with Crippen molar-refractivity contribution < 1.29 is 19.0 Å². The van der Waals surface area contributed by atoms with Crippen LogP contribution in [-0.2, 0) is 0 Å². The standard InChI is InChI=1S/C23H30N2O4.ClH/c1-5-12-28-18-14-17(27-4)20-19-15(23(26)21(20)22(18)24)9-8-10-16(19)29-13-11-25(6-2)7-3;/h8-10,14H,5-7,11-13,24H2,1-4H3;1H. The molecular weight excluding hydrogens is 404 g/mol. The molecule has 0 bridgehead atoms. The van der Waals surface area contributed by atoms with Crippen LogP contribution in [0, 0.1) is 0 Å². The number of nitrogens with two attached hydrogens (primary N) is 1. The molecule has 0 saturated carbocycles. The van der Waals surface area contributed by atoms with E-state index in [1.165, 1.54) is 0 Å². The molecule has 0 fully saturated rings. The van der Waals surface area contributed by atoms with Crippen molar-refractivity contribution in [2.75, 3.05) is 45.7 Å². The van der Waals surface area contributed by atoms with Gasteiger partial charge >= 0.3 is 0 Å². The Morgan fingerprint density at radius 1 is 0.933 bits per heavy atom. The molecule has 3 rings (SSSR count). The summed E-state index contributed by atoms with van der Waals surface area (Å²) in [7, 11) is 1.59. The molecule has 6 nitrogen and oxygen atoms in total. The van der Waals surface area contributed by atoms with Crippen LogP contribution in [0.2, 0.25) is 0 Å². The molecule has 0 spiro atoms. The Kier molecular flexibility index (Phi) is 8.38. The summed E-state index contributed by atoms with van der Waals surface area (Å²) >= 11 is 0. The van der Waals surface area contributed by atoms with Crippen LogP contribution in [0.4, 0.5) is 5.69 Å². The van der Waals surface area contributed by atoms with Crippen molar-refractivity contribution in [3.8, 4) is 28.4 Å². The predicted octanol–water partition coefficient (Wildman–Crippen LogP) is 4.42. The number of carbonyl (C=O) groups excluding carboxylic acids is 1. The Labute approximate surface area is 184 Å². The summed E-state index contributed by atoms with van der Waals surface area (Å²) in [5.74, 6) is 1.59. The van der Waals surface area contributed by atoms with Gasteiger partial charge in [0, 0.05) is 29.3 Å². The number of likely N-dealkylation sites (N-methyl/N-ethyl adjacent to an activating group) is 1. The molecule has 1 aliphatic rings. The second-order valence-electron chi connectivity index (χ2n) is 6.97. The van der Waals surface area contributed by atoms with Gasteiger partial charge in [-0.2, -0.15) is 0 Å². The number of nitrogens with zero attached hydrogens (tertiary/aromatic N) is 1. The summed E-state index contributed by atoms with van der Waals surface area (Å²) in [6.45, 7) is 10.1. The van der Waals surface area contributed by atoms with E-state index < -0.39 is 0 Å². The molecule has 0 aromatic heterocycles. The van der Waals surface area contributed by atoms with Gasteiger partial charge in [0.25, 0.3) is 0 Å². The average molecular weight is 435 g/mol. The number of fused-ring (bicyclic) bond motifs is 3. The molecule has 2 aromatic rings. The van der Waals surface area contributed by atoms with Gasteiger partial charge in [-0.3, -0.25) is 4.79 Å². The highest BCUT2D eigenvalue weighted by Crippen LogP contribution is 2.51. The molecule has 2 N–H and O–H groups in total. The number of benzene rings is 2. The minimum atomic E-state index is -0.123. The molecule has 2 aromatic carbocycles. The summed E-state index contributed by atoms with van der Waals surface area (Å²) in [5.41, 5.74) is 9.15. The van der Waals surface area contributed by atoms with Gasteiger partial charge in [0.1, 0.15) is 23.9 Å². The maximum atomic E-state index is 13.2. The number of hydrogen-bond acceptors (Lipinski definition) is 6. The Balaban J connectivity index is 0.00000320. The number of rotatable bonds is 10. The summed E-state index contributed by atoms with van der Waals surface area (Å²) in [6, 6.07) is 7.30. The molecule has 0 saturated heterocycles. The monoisotopic (exact) mass is 434 g/mol. The van der Waals surface area contributed by atoms with Crippen LogP contribution in [0.1, 0.15) is 43.1 Å². The molecule has 0 heterocycles. The molecule has 164 valence electrons. The lowest BCUT2D eigenvalue weighted by Crippen LogP contribution is -2.28. The highest BCUT2D eigenvalue weighted by Gasteiger charge is 2.36. The van der Waals surface area contributed by atoms with Crippen LogP contribution in [0.3, 0.4) is 0 Å². The highest BCUT2D eigenvalue weighted by molar-refractivity contribution is 6.26. The molecule has 0 amide bonds. The summed E-state index contributed by atoms with van der Waals surface area (Å²) in [6.07, 6.45) is 0.845. The second kappa shape index (κ2) is 10.5. The summed E-state index contributed by atoms with van der Waals surface area (Å²) < 4.78 is 17.5. The number of nitrogen functional groups attached to an aromatic ring is 1. The van der Waals surface area contributed by atoms with Crippen molar-refractivity contribution in [1.82, 2.24) is 4.90 Å². The topological polar surface area (TPSA) is 74.0 Å². The summed E-state index contributed by atoms with van der Waals surface area (Å²) in [5, 5.41) is 0. The summed E-state index contributed by atoms with van der Waals surface area (Å²) in [4.78, 5) is 15.5. The van der Waals surface area contributed by atoms with Gasteiger partial charge < -0.3 is 24.8 Å². The fourth-order valence-corrected chi connectivity index (χ4v) is 3.68. The van der Waals surface area contributed by atoms with E-state index in [-0.39, 0.29) is 18.2 Å². The number of anilines is 1. The smallest absolute Gasteiger partial charge is 0.196 e. The lowest BCUT2D eigenvalue weighted by atomic mass is 10.0. The van der Waals surface area contributed by atoms with E-state index in [2.05, 4.69) is 18.7 Å². The zero-order valence-corrected chi connectivity index (χ0v) is 18.9. The van der Waals surface area contributed by atoms with Crippen molar-refractivity contribution in [3.05, 3.63) is 35.4 Å². The van der Waals surface area contributed by atoms with Crippen LogP contribution in [0.15, 0.2) is 24.3 Å². The van der Waals surface area contributed by atoms with Gasteiger partial charge in [0.15, 0.2) is 5.78 Å². The Hall–Kier alpha value is -2.44. The maximum absolute atomic E-state index is 13.2. The van der Waals surface area contributed by atoms with Gasteiger partial charge in [-0.1, -0.05) is 32.9 Å². The first-order valence-corrected chi connectivity index (χ1v) is 10.2. The van der Waals surface area contributed by atoms with E-state index in [0.717, 1.165) is 31.6 Å². The molecular formula is C23H31ClN2O4. The van der Waals surface area contributed by atoms with Crippen molar-refractivity contribution in [1.29, 1.82) is 0 Å². The fourth-order valence-electron chi connectivity index (χ4n) is 3.68. The van der Waals surface area contributed by atoms with Gasteiger partial charge in [-0.05, 0) is 25.6 Å². The number of halogens is 1. The lowest BCUT2D eigenvalue weighted by Gasteiger charge is -2.19. The number of hydrogen-bond donors (Lipinski definition) is 1. The molecule has 0 atom stereocenters. The Bertz CT molecular complexity index is 897. The van der Waals surface area contributed by atoms with E-state index in [0.29, 0.717) is 52.8 Å².